The molecule has 3 nitrogen and oxygen atoms in total. The van der Waals surface area contributed by atoms with Gasteiger partial charge in [0.25, 0.3) is 0 Å². The number of hydrogen-bond acceptors (Lipinski definition) is 2. The highest BCUT2D eigenvalue weighted by atomic mass is 28.3. The lowest BCUT2D eigenvalue weighted by atomic mass is 9.99. The van der Waals surface area contributed by atoms with Crippen molar-refractivity contribution in [2.24, 2.45) is 0 Å². The van der Waals surface area contributed by atoms with Gasteiger partial charge in [-0.1, -0.05) is 54.0 Å². The molecule has 29 heavy (non-hydrogen) atoms. The molecule has 1 unspecified atom stereocenters. The fourth-order valence-corrected chi connectivity index (χ4v) is 13.5. The molecule has 0 bridgehead atoms. The highest BCUT2D eigenvalue weighted by molar-refractivity contribution is 6.82. The van der Waals surface area contributed by atoms with E-state index in [-0.39, 0.29) is 0 Å². The van der Waals surface area contributed by atoms with Gasteiger partial charge in [-0.15, -0.1) is 0 Å². The van der Waals surface area contributed by atoms with Gasteiger partial charge < -0.3 is 9.13 Å². The Morgan fingerprint density at radius 2 is 1.59 bits per heavy atom. The van der Waals surface area contributed by atoms with E-state index in [0.717, 1.165) is 6.04 Å². The summed E-state index contributed by atoms with van der Waals surface area (Å²) in [5, 5.41) is 1.41. The molecule has 0 N–H and O–H groups in total. The van der Waals surface area contributed by atoms with Gasteiger partial charge in [0.2, 0.25) is 0 Å². The zero-order valence-electron chi connectivity index (χ0n) is 19.5. The van der Waals surface area contributed by atoms with Gasteiger partial charge in [-0.3, -0.25) is 4.90 Å². The van der Waals surface area contributed by atoms with Gasteiger partial charge in [0.05, 0.1) is 0 Å². The van der Waals surface area contributed by atoms with E-state index in [4.69, 9.17) is 0 Å². The molecule has 0 radical (unpaired) electrons. The second kappa shape index (κ2) is 8.11. The Labute approximate surface area is 179 Å². The Morgan fingerprint density at radius 3 is 2.28 bits per heavy atom. The number of anilines is 1. The molecule has 2 saturated heterocycles. The molecule has 0 saturated carbocycles. The zero-order chi connectivity index (χ0) is 20.8. The van der Waals surface area contributed by atoms with E-state index in [1.807, 2.05) is 0 Å². The second-order valence-corrected chi connectivity index (χ2v) is 16.1. The molecule has 3 heterocycles. The van der Waals surface area contributed by atoms with Crippen LogP contribution in [-0.4, -0.2) is 49.6 Å². The van der Waals surface area contributed by atoms with Crippen LogP contribution < -0.4 is 4.90 Å². The summed E-state index contributed by atoms with van der Waals surface area (Å²) in [6, 6.07) is 10.4. The van der Waals surface area contributed by atoms with Crippen LogP contribution in [0.15, 0.2) is 30.5 Å². The second-order valence-electron chi connectivity index (χ2n) is 10.4. The Balaban J connectivity index is 1.73. The van der Waals surface area contributed by atoms with Crippen LogP contribution in [0.2, 0.25) is 16.6 Å². The van der Waals surface area contributed by atoms with Crippen molar-refractivity contribution in [2.75, 3.05) is 31.1 Å². The molecule has 2 aliphatic rings. The van der Waals surface area contributed by atoms with E-state index in [9.17, 15) is 0 Å². The first kappa shape index (κ1) is 21.0. The van der Waals surface area contributed by atoms with Gasteiger partial charge in [-0.05, 0) is 65.8 Å². The number of rotatable bonds is 5. The van der Waals surface area contributed by atoms with Crippen molar-refractivity contribution in [3.05, 3.63) is 30.5 Å². The van der Waals surface area contributed by atoms with Crippen molar-refractivity contribution in [1.29, 1.82) is 0 Å². The number of aromatic nitrogens is 1. The lowest BCUT2D eigenvalue weighted by Gasteiger charge is -2.45. The standard InChI is InChI=1S/C25H41N3Si/c1-19(2)29(20(3)4,21(5)6)28-14-12-22-10-11-23(17-25(22)28)27-16-15-26-13-8-7-9-24(26)18-27/h10-12,14,17,19-21,24H,7-9,13,15-16,18H2,1-6H3. The van der Waals surface area contributed by atoms with E-state index in [2.05, 4.69) is 86.0 Å². The summed E-state index contributed by atoms with van der Waals surface area (Å²) in [6.45, 7) is 19.7. The van der Waals surface area contributed by atoms with Crippen molar-refractivity contribution in [2.45, 2.75) is 83.5 Å². The number of benzene rings is 1. The number of piperazine rings is 1. The zero-order valence-corrected chi connectivity index (χ0v) is 20.5. The van der Waals surface area contributed by atoms with Crippen molar-refractivity contribution in [1.82, 2.24) is 9.13 Å². The van der Waals surface area contributed by atoms with Crippen LogP contribution in [0.5, 0.6) is 0 Å². The van der Waals surface area contributed by atoms with Crippen LogP contribution in [0.1, 0.15) is 60.8 Å². The molecular formula is C25H41N3Si. The third-order valence-electron chi connectivity index (χ3n) is 8.07. The summed E-state index contributed by atoms with van der Waals surface area (Å²) < 4.78 is 2.77. The lowest BCUT2D eigenvalue weighted by Crippen LogP contribution is -2.55. The minimum atomic E-state index is -1.73. The largest absolute Gasteiger partial charge is 0.373 e. The van der Waals surface area contributed by atoms with Gasteiger partial charge in [-0.2, -0.15) is 0 Å². The highest BCUT2D eigenvalue weighted by Gasteiger charge is 2.45. The van der Waals surface area contributed by atoms with Crippen molar-refractivity contribution < 1.29 is 0 Å². The molecule has 0 aliphatic carbocycles. The number of fused-ring (bicyclic) bond motifs is 2. The Hall–Kier alpha value is -1.26. The maximum atomic E-state index is 2.77. The molecule has 1 aromatic carbocycles. The third kappa shape index (κ3) is 3.46. The SMILES string of the molecule is CC(C)[Si](C(C)C)(C(C)C)n1ccc2ccc(N3CCN4CCCCC4C3)cc21. The van der Waals surface area contributed by atoms with Gasteiger partial charge in [-0.25, -0.2) is 0 Å². The monoisotopic (exact) mass is 411 g/mol. The molecule has 1 atom stereocenters. The average Bonchev–Trinajstić information content (AvgIpc) is 3.10. The van der Waals surface area contributed by atoms with E-state index >= 15 is 0 Å². The van der Waals surface area contributed by atoms with Gasteiger partial charge >= 0.3 is 0 Å². The summed E-state index contributed by atoms with van der Waals surface area (Å²) in [5.41, 5.74) is 5.05. The maximum Gasteiger partial charge on any atom is 0.169 e. The molecule has 2 aromatic rings. The molecule has 160 valence electrons. The van der Waals surface area contributed by atoms with Crippen LogP contribution in [-0.2, 0) is 0 Å². The predicted molar refractivity (Wildman–Crippen MR) is 130 cm³/mol. The molecule has 4 rings (SSSR count). The summed E-state index contributed by atoms with van der Waals surface area (Å²) in [6.07, 6.45) is 6.59. The first-order chi connectivity index (χ1) is 13.9. The van der Waals surface area contributed by atoms with E-state index in [1.165, 1.54) is 62.0 Å². The topological polar surface area (TPSA) is 11.4 Å². The first-order valence-corrected chi connectivity index (χ1v) is 14.1. The van der Waals surface area contributed by atoms with E-state index < -0.39 is 8.24 Å². The van der Waals surface area contributed by atoms with Gasteiger partial charge in [0, 0.05) is 36.9 Å². The van der Waals surface area contributed by atoms with Crippen LogP contribution in [0.3, 0.4) is 0 Å². The lowest BCUT2D eigenvalue weighted by molar-refractivity contribution is 0.133. The van der Waals surface area contributed by atoms with Crippen LogP contribution in [0.25, 0.3) is 10.9 Å². The summed E-state index contributed by atoms with van der Waals surface area (Å²) in [4.78, 5) is 5.39. The smallest absolute Gasteiger partial charge is 0.169 e. The molecule has 4 heteroatoms. The van der Waals surface area contributed by atoms with E-state index in [1.54, 1.807) is 0 Å². The fourth-order valence-electron chi connectivity index (χ4n) is 6.88. The van der Waals surface area contributed by atoms with E-state index in [0.29, 0.717) is 16.6 Å². The number of piperidine rings is 1. The van der Waals surface area contributed by atoms with Crippen LogP contribution in [0.4, 0.5) is 5.69 Å². The minimum absolute atomic E-state index is 0.715. The molecule has 0 spiro atoms. The molecule has 2 aliphatic heterocycles. The highest BCUT2D eigenvalue weighted by Crippen LogP contribution is 2.44. The van der Waals surface area contributed by atoms with Crippen LogP contribution in [0, 0.1) is 0 Å². The molecule has 2 fully saturated rings. The normalized spacial score (nSPS) is 21.6. The fraction of sp³-hybridized carbons (Fsp3) is 0.680. The maximum absolute atomic E-state index is 2.77. The molecule has 0 amide bonds. The molecule has 1 aromatic heterocycles. The van der Waals surface area contributed by atoms with Gasteiger partial charge in [0.1, 0.15) is 0 Å². The Kier molecular flexibility index (Phi) is 5.87. The summed E-state index contributed by atoms with van der Waals surface area (Å²) in [5.74, 6) is 0. The van der Waals surface area contributed by atoms with Gasteiger partial charge in [0.15, 0.2) is 8.24 Å². The van der Waals surface area contributed by atoms with Crippen LogP contribution >= 0.6 is 0 Å². The number of nitrogens with zero attached hydrogens (tertiary/aromatic N) is 3. The van der Waals surface area contributed by atoms with Crippen molar-refractivity contribution in [3.8, 4) is 0 Å². The third-order valence-corrected chi connectivity index (χ3v) is 14.8. The Morgan fingerprint density at radius 1 is 0.862 bits per heavy atom. The summed E-state index contributed by atoms with van der Waals surface area (Å²) in [7, 11) is -1.73. The average molecular weight is 412 g/mol. The quantitative estimate of drug-likeness (QED) is 0.532. The first-order valence-electron chi connectivity index (χ1n) is 12.0. The predicted octanol–water partition coefficient (Wildman–Crippen LogP) is 6.34. The summed E-state index contributed by atoms with van der Waals surface area (Å²) >= 11 is 0. The number of hydrogen-bond donors (Lipinski definition) is 0. The Bertz CT molecular complexity index is 816. The minimum Gasteiger partial charge on any atom is -0.373 e. The molecular weight excluding hydrogens is 370 g/mol. The van der Waals surface area contributed by atoms with Crippen molar-refractivity contribution >= 4 is 24.8 Å². The van der Waals surface area contributed by atoms with Crippen molar-refractivity contribution in [3.63, 3.8) is 0 Å².